The first-order valence-electron chi connectivity index (χ1n) is 9.56. The normalized spacial score (nSPS) is 12.3. The second-order valence-electron chi connectivity index (χ2n) is 7.48. The molecule has 0 aliphatic rings. The van der Waals surface area contributed by atoms with Crippen molar-refractivity contribution in [2.45, 2.75) is 12.5 Å². The van der Waals surface area contributed by atoms with Crippen LogP contribution in [0.4, 0.5) is 0 Å². The summed E-state index contributed by atoms with van der Waals surface area (Å²) in [6, 6.07) is 5.36. The van der Waals surface area contributed by atoms with Gasteiger partial charge >= 0.3 is 23.9 Å². The zero-order chi connectivity index (χ0) is 23.6. The quantitative estimate of drug-likeness (QED) is 0.284. The van der Waals surface area contributed by atoms with Crippen LogP contribution in [-0.4, -0.2) is 118 Å². The number of aliphatic carboxylic acids is 3. The molecule has 0 saturated heterocycles. The summed E-state index contributed by atoms with van der Waals surface area (Å²) in [4.78, 5) is 49.8. The van der Waals surface area contributed by atoms with Crippen LogP contribution in [0.15, 0.2) is 24.3 Å². The molecule has 31 heavy (non-hydrogen) atoms. The molecule has 0 aliphatic carbocycles. The van der Waals surface area contributed by atoms with Crippen molar-refractivity contribution in [3.8, 4) is 0 Å². The van der Waals surface area contributed by atoms with E-state index in [-0.39, 0.29) is 25.1 Å². The fourth-order valence-corrected chi connectivity index (χ4v) is 3.09. The lowest BCUT2D eigenvalue weighted by atomic mass is 10.0. The van der Waals surface area contributed by atoms with Gasteiger partial charge in [-0.3, -0.25) is 24.2 Å². The molecule has 0 spiro atoms. The summed E-state index contributed by atoms with van der Waals surface area (Å²) in [5, 5.41) is 36.8. The molecule has 1 rings (SSSR count). The molecular weight excluding hydrogens is 410 g/mol. The molecule has 1 aromatic rings. The van der Waals surface area contributed by atoms with Gasteiger partial charge < -0.3 is 25.3 Å². The Labute approximate surface area is 180 Å². The summed E-state index contributed by atoms with van der Waals surface area (Å²) >= 11 is 0. The summed E-state index contributed by atoms with van der Waals surface area (Å²) in [6.45, 7) is -0.262. The molecule has 172 valence electrons. The lowest BCUT2D eigenvalue weighted by Gasteiger charge is -2.34. The molecule has 0 aliphatic heterocycles. The number of carboxylic acid groups (broad SMARTS) is 4. The smallest absolute Gasteiger partial charge is 0.335 e. The molecule has 0 amide bonds. The Morgan fingerprint density at radius 2 is 1.32 bits per heavy atom. The average molecular weight is 439 g/mol. The van der Waals surface area contributed by atoms with E-state index in [0.717, 1.165) is 0 Å². The molecule has 11 nitrogen and oxygen atoms in total. The summed E-state index contributed by atoms with van der Waals surface area (Å²) < 4.78 is 0. The van der Waals surface area contributed by atoms with E-state index in [2.05, 4.69) is 0 Å². The van der Waals surface area contributed by atoms with E-state index in [1.54, 1.807) is 17.0 Å². The molecule has 0 aromatic heterocycles. The van der Waals surface area contributed by atoms with Gasteiger partial charge in [-0.1, -0.05) is 12.1 Å². The van der Waals surface area contributed by atoms with Crippen molar-refractivity contribution in [1.82, 2.24) is 14.7 Å². The predicted molar refractivity (Wildman–Crippen MR) is 110 cm³/mol. The highest BCUT2D eigenvalue weighted by molar-refractivity contribution is 5.87. The van der Waals surface area contributed by atoms with Gasteiger partial charge in [0, 0.05) is 25.7 Å². The first-order valence-corrected chi connectivity index (χ1v) is 9.56. The summed E-state index contributed by atoms with van der Waals surface area (Å²) in [5.74, 6) is -4.54. The van der Waals surface area contributed by atoms with Gasteiger partial charge in [0.15, 0.2) is 0 Å². The zero-order valence-corrected chi connectivity index (χ0v) is 17.6. The fraction of sp³-hybridized carbons (Fsp3) is 0.500. The standard InChI is InChI=1S/C20H29N3O8/c1-21(2)7-8-22(11-17(24)25)10-16(23(12-18(26)27)13-19(28)29)9-14-3-5-15(6-4-14)20(30)31/h3-6,16H,7-13H2,1-2H3,(H,24,25)(H,26,27)(H,28,29)(H,30,31). The van der Waals surface area contributed by atoms with Gasteiger partial charge in [0.25, 0.3) is 0 Å². The molecule has 0 fully saturated rings. The Balaban J connectivity index is 3.17. The number of nitrogens with zero attached hydrogens (tertiary/aromatic N) is 3. The maximum Gasteiger partial charge on any atom is 0.335 e. The number of carboxylic acids is 4. The van der Waals surface area contributed by atoms with Crippen LogP contribution >= 0.6 is 0 Å². The number of hydrogen-bond acceptors (Lipinski definition) is 7. The van der Waals surface area contributed by atoms with Crippen molar-refractivity contribution < 1.29 is 39.6 Å². The minimum atomic E-state index is -1.20. The molecular formula is C20H29N3O8. The molecule has 0 bridgehead atoms. The first kappa shape index (κ1) is 26.0. The fourth-order valence-electron chi connectivity index (χ4n) is 3.09. The van der Waals surface area contributed by atoms with Crippen molar-refractivity contribution in [2.75, 3.05) is 53.4 Å². The summed E-state index contributed by atoms with van der Waals surface area (Å²) in [6.07, 6.45) is 0.221. The minimum Gasteiger partial charge on any atom is -0.480 e. The molecule has 1 aromatic carbocycles. The van der Waals surface area contributed by atoms with Gasteiger partial charge in [-0.2, -0.15) is 0 Å². The lowest BCUT2D eigenvalue weighted by Crippen LogP contribution is -2.50. The van der Waals surface area contributed by atoms with E-state index >= 15 is 0 Å². The molecule has 11 heteroatoms. The Kier molecular flexibility index (Phi) is 10.6. The maximum atomic E-state index is 11.3. The maximum absolute atomic E-state index is 11.3. The van der Waals surface area contributed by atoms with Crippen LogP contribution < -0.4 is 0 Å². The van der Waals surface area contributed by atoms with E-state index in [1.807, 2.05) is 19.0 Å². The van der Waals surface area contributed by atoms with E-state index in [1.165, 1.54) is 17.0 Å². The Morgan fingerprint density at radius 3 is 1.74 bits per heavy atom. The number of likely N-dealkylation sites (N-methyl/N-ethyl adjacent to an activating group) is 1. The van der Waals surface area contributed by atoms with E-state index in [0.29, 0.717) is 18.7 Å². The van der Waals surface area contributed by atoms with Crippen molar-refractivity contribution >= 4 is 23.9 Å². The van der Waals surface area contributed by atoms with Crippen LogP contribution in [0.5, 0.6) is 0 Å². The third-order valence-corrected chi connectivity index (χ3v) is 4.56. The molecule has 0 heterocycles. The van der Waals surface area contributed by atoms with Crippen LogP contribution in [0.3, 0.4) is 0 Å². The third kappa shape index (κ3) is 10.5. The van der Waals surface area contributed by atoms with Gasteiger partial charge in [-0.05, 0) is 38.2 Å². The SMILES string of the molecule is CN(C)CCN(CC(=O)O)CC(Cc1ccc(C(=O)O)cc1)N(CC(=O)O)CC(=O)O. The van der Waals surface area contributed by atoms with E-state index in [4.69, 9.17) is 5.11 Å². The monoisotopic (exact) mass is 439 g/mol. The zero-order valence-electron chi connectivity index (χ0n) is 17.6. The molecule has 1 atom stereocenters. The van der Waals surface area contributed by atoms with Gasteiger partial charge in [-0.25, -0.2) is 4.79 Å². The molecule has 0 radical (unpaired) electrons. The van der Waals surface area contributed by atoms with Crippen LogP contribution in [0.1, 0.15) is 15.9 Å². The minimum absolute atomic E-state index is 0.0896. The second kappa shape index (κ2) is 12.6. The van der Waals surface area contributed by atoms with Gasteiger partial charge in [-0.15, -0.1) is 0 Å². The van der Waals surface area contributed by atoms with Crippen LogP contribution in [0, 0.1) is 0 Å². The summed E-state index contributed by atoms with van der Waals surface area (Å²) in [5.41, 5.74) is 0.769. The lowest BCUT2D eigenvalue weighted by molar-refractivity contribution is -0.144. The largest absolute Gasteiger partial charge is 0.480 e. The Hall–Kier alpha value is -3.02. The van der Waals surface area contributed by atoms with E-state index < -0.39 is 43.0 Å². The number of rotatable bonds is 15. The number of hydrogen-bond donors (Lipinski definition) is 4. The van der Waals surface area contributed by atoms with Crippen LogP contribution in [-0.2, 0) is 20.8 Å². The Morgan fingerprint density at radius 1 is 0.806 bits per heavy atom. The van der Waals surface area contributed by atoms with Crippen LogP contribution in [0.2, 0.25) is 0 Å². The Bertz CT molecular complexity index is 750. The van der Waals surface area contributed by atoms with Gasteiger partial charge in [0.05, 0.1) is 25.2 Å². The first-order chi connectivity index (χ1) is 14.5. The topological polar surface area (TPSA) is 159 Å². The molecule has 4 N–H and O–H groups in total. The van der Waals surface area contributed by atoms with Gasteiger partial charge in [0.2, 0.25) is 0 Å². The molecule has 1 unspecified atom stereocenters. The highest BCUT2D eigenvalue weighted by Gasteiger charge is 2.26. The van der Waals surface area contributed by atoms with Crippen molar-refractivity contribution in [3.05, 3.63) is 35.4 Å². The third-order valence-electron chi connectivity index (χ3n) is 4.56. The second-order valence-corrected chi connectivity index (χ2v) is 7.48. The van der Waals surface area contributed by atoms with Crippen LogP contribution in [0.25, 0.3) is 0 Å². The highest BCUT2D eigenvalue weighted by atomic mass is 16.4. The van der Waals surface area contributed by atoms with Gasteiger partial charge in [0.1, 0.15) is 0 Å². The highest BCUT2D eigenvalue weighted by Crippen LogP contribution is 2.13. The average Bonchev–Trinajstić information content (AvgIpc) is 2.64. The van der Waals surface area contributed by atoms with Crippen molar-refractivity contribution in [1.29, 1.82) is 0 Å². The number of carbonyl (C=O) groups is 4. The summed E-state index contributed by atoms with van der Waals surface area (Å²) in [7, 11) is 3.67. The number of aromatic carboxylic acids is 1. The molecule has 0 saturated carbocycles. The predicted octanol–water partition coefficient (Wildman–Crippen LogP) is -0.285. The van der Waals surface area contributed by atoms with E-state index in [9.17, 15) is 34.5 Å². The number of benzene rings is 1. The van der Waals surface area contributed by atoms with Crippen molar-refractivity contribution in [2.24, 2.45) is 0 Å². The van der Waals surface area contributed by atoms with Crippen molar-refractivity contribution in [3.63, 3.8) is 0 Å².